The summed E-state index contributed by atoms with van der Waals surface area (Å²) in [6, 6.07) is 22.4. The van der Waals surface area contributed by atoms with Crippen molar-refractivity contribution in [3.05, 3.63) is 111 Å². The van der Waals surface area contributed by atoms with E-state index in [1.54, 1.807) is 35.9 Å². The number of nitrogens with one attached hydrogen (secondary N) is 2. The summed E-state index contributed by atoms with van der Waals surface area (Å²) in [7, 11) is 0. The third-order valence-corrected chi connectivity index (χ3v) is 5.91. The SMILES string of the molecule is CC1=C(C(=O)Nc2ccccc2)C(c2cccc([N+](=O)[O-])c2)n2nc(-c3ccccc3C)nc2N1. The van der Waals surface area contributed by atoms with Gasteiger partial charge in [-0.05, 0) is 37.1 Å². The van der Waals surface area contributed by atoms with Crippen LogP contribution < -0.4 is 10.6 Å². The molecule has 1 aliphatic rings. The molecule has 2 N–H and O–H groups in total. The van der Waals surface area contributed by atoms with E-state index in [4.69, 9.17) is 5.10 Å². The fraction of sp³-hybridized carbons (Fsp3) is 0.115. The lowest BCUT2D eigenvalue weighted by Gasteiger charge is -2.28. The molecule has 0 fully saturated rings. The third-order valence-electron chi connectivity index (χ3n) is 5.91. The Labute approximate surface area is 201 Å². The predicted molar refractivity (Wildman–Crippen MR) is 133 cm³/mol. The van der Waals surface area contributed by atoms with E-state index >= 15 is 0 Å². The second kappa shape index (κ2) is 8.86. The average molecular weight is 467 g/mol. The highest BCUT2D eigenvalue weighted by atomic mass is 16.6. The standard InChI is InChI=1S/C26H22N6O3/c1-16-9-6-7-14-21(16)24-29-26-27-17(2)22(25(33)28-19-11-4-3-5-12-19)23(31(26)30-24)18-10-8-13-20(15-18)32(34)35/h3-15,23H,1-2H3,(H,28,33)(H,27,29,30). The maximum absolute atomic E-state index is 13.5. The van der Waals surface area contributed by atoms with Crippen LogP contribution in [0.5, 0.6) is 0 Å². The first-order valence-electron chi connectivity index (χ1n) is 11.0. The van der Waals surface area contributed by atoms with Gasteiger partial charge in [-0.3, -0.25) is 14.9 Å². The minimum atomic E-state index is -0.722. The number of hydrogen-bond donors (Lipinski definition) is 2. The number of non-ortho nitro benzene ring substituents is 1. The molecule has 1 aromatic heterocycles. The molecule has 4 aromatic rings. The number of nitro benzene ring substituents is 1. The van der Waals surface area contributed by atoms with Crippen LogP contribution in [0.3, 0.4) is 0 Å². The zero-order valence-electron chi connectivity index (χ0n) is 19.1. The summed E-state index contributed by atoms with van der Waals surface area (Å²) >= 11 is 0. The number of hydrogen-bond acceptors (Lipinski definition) is 6. The molecule has 0 spiro atoms. The third kappa shape index (κ3) is 4.15. The van der Waals surface area contributed by atoms with Gasteiger partial charge in [-0.15, -0.1) is 5.10 Å². The van der Waals surface area contributed by atoms with E-state index in [0.29, 0.717) is 34.3 Å². The molecule has 1 amide bonds. The predicted octanol–water partition coefficient (Wildman–Crippen LogP) is 5.09. The number of nitro groups is 1. The average Bonchev–Trinajstić information content (AvgIpc) is 3.27. The van der Waals surface area contributed by atoms with Gasteiger partial charge < -0.3 is 10.6 Å². The summed E-state index contributed by atoms with van der Waals surface area (Å²) in [6.45, 7) is 3.76. The highest BCUT2D eigenvalue weighted by molar-refractivity contribution is 6.06. The number of fused-ring (bicyclic) bond motifs is 1. The van der Waals surface area contributed by atoms with Crippen LogP contribution in [-0.4, -0.2) is 25.6 Å². The number of benzene rings is 3. The number of anilines is 2. The number of para-hydroxylation sites is 1. The molecule has 1 atom stereocenters. The van der Waals surface area contributed by atoms with Crippen molar-refractivity contribution in [2.45, 2.75) is 19.9 Å². The van der Waals surface area contributed by atoms with Crippen molar-refractivity contribution in [1.82, 2.24) is 14.8 Å². The molecule has 174 valence electrons. The van der Waals surface area contributed by atoms with E-state index in [2.05, 4.69) is 15.6 Å². The Morgan fingerprint density at radius 1 is 1.03 bits per heavy atom. The van der Waals surface area contributed by atoms with Crippen LogP contribution in [0, 0.1) is 17.0 Å². The summed E-state index contributed by atoms with van der Waals surface area (Å²) in [6.07, 6.45) is 0. The number of rotatable bonds is 5. The van der Waals surface area contributed by atoms with Gasteiger partial charge in [0, 0.05) is 29.1 Å². The normalized spacial score (nSPS) is 14.7. The van der Waals surface area contributed by atoms with Gasteiger partial charge >= 0.3 is 0 Å². The zero-order chi connectivity index (χ0) is 24.5. The molecular formula is C26H22N6O3. The van der Waals surface area contributed by atoms with Crippen molar-refractivity contribution in [2.24, 2.45) is 0 Å². The summed E-state index contributed by atoms with van der Waals surface area (Å²) in [4.78, 5) is 29.2. The van der Waals surface area contributed by atoms with Crippen LogP contribution >= 0.6 is 0 Å². The number of amides is 1. The Bertz CT molecular complexity index is 1480. The fourth-order valence-corrected chi connectivity index (χ4v) is 4.22. The van der Waals surface area contributed by atoms with E-state index in [0.717, 1.165) is 11.1 Å². The lowest BCUT2D eigenvalue weighted by atomic mass is 9.94. The van der Waals surface area contributed by atoms with E-state index < -0.39 is 11.0 Å². The van der Waals surface area contributed by atoms with Crippen molar-refractivity contribution in [3.63, 3.8) is 0 Å². The number of carbonyl (C=O) groups excluding carboxylic acids is 1. The second-order valence-corrected chi connectivity index (χ2v) is 8.26. The van der Waals surface area contributed by atoms with Crippen LogP contribution in [-0.2, 0) is 4.79 Å². The molecule has 35 heavy (non-hydrogen) atoms. The van der Waals surface area contributed by atoms with E-state index in [1.807, 2.05) is 49.4 Å². The van der Waals surface area contributed by atoms with Gasteiger partial charge in [-0.2, -0.15) is 4.98 Å². The Hall–Kier alpha value is -4.79. The van der Waals surface area contributed by atoms with Gasteiger partial charge in [0.1, 0.15) is 6.04 Å². The van der Waals surface area contributed by atoms with Gasteiger partial charge in [-0.1, -0.05) is 54.6 Å². The summed E-state index contributed by atoms with van der Waals surface area (Å²) in [5.41, 5.74) is 3.98. The first kappa shape index (κ1) is 22.0. The van der Waals surface area contributed by atoms with Crippen LogP contribution in [0.2, 0.25) is 0 Å². The van der Waals surface area contributed by atoms with Crippen molar-refractivity contribution in [2.75, 3.05) is 10.6 Å². The molecule has 0 saturated heterocycles. The minimum absolute atomic E-state index is 0.0673. The van der Waals surface area contributed by atoms with Crippen LogP contribution in [0.4, 0.5) is 17.3 Å². The molecule has 5 rings (SSSR count). The Kier molecular flexibility index (Phi) is 5.58. The molecule has 0 aliphatic carbocycles. The number of aromatic nitrogens is 3. The lowest BCUT2D eigenvalue weighted by molar-refractivity contribution is -0.384. The number of nitrogens with zero attached hydrogens (tertiary/aromatic N) is 4. The molecule has 9 heteroatoms. The highest BCUT2D eigenvalue weighted by Gasteiger charge is 2.35. The molecule has 0 radical (unpaired) electrons. The van der Waals surface area contributed by atoms with Gasteiger partial charge in [-0.25, -0.2) is 4.68 Å². The van der Waals surface area contributed by atoms with Gasteiger partial charge in [0.15, 0.2) is 5.82 Å². The summed E-state index contributed by atoms with van der Waals surface area (Å²) in [5.74, 6) is 0.614. The molecule has 0 bridgehead atoms. The molecular weight excluding hydrogens is 444 g/mol. The van der Waals surface area contributed by atoms with Crippen LogP contribution in [0.1, 0.15) is 24.1 Å². The van der Waals surface area contributed by atoms with Crippen molar-refractivity contribution in [1.29, 1.82) is 0 Å². The Morgan fingerprint density at radius 3 is 2.51 bits per heavy atom. The highest BCUT2D eigenvalue weighted by Crippen LogP contribution is 2.38. The van der Waals surface area contributed by atoms with Crippen molar-refractivity contribution >= 4 is 23.2 Å². The monoisotopic (exact) mass is 466 g/mol. The van der Waals surface area contributed by atoms with Gasteiger partial charge in [0.2, 0.25) is 5.95 Å². The Balaban J connectivity index is 1.65. The van der Waals surface area contributed by atoms with Crippen LogP contribution in [0.25, 0.3) is 11.4 Å². The first-order valence-corrected chi connectivity index (χ1v) is 11.0. The van der Waals surface area contributed by atoms with E-state index in [1.165, 1.54) is 12.1 Å². The number of aryl methyl sites for hydroxylation is 1. The number of allylic oxidation sites excluding steroid dienone is 1. The van der Waals surface area contributed by atoms with Crippen LogP contribution in [0.15, 0.2) is 90.1 Å². The summed E-state index contributed by atoms with van der Waals surface area (Å²) in [5, 5.41) is 22.4. The minimum Gasteiger partial charge on any atom is -0.328 e. The molecule has 1 aliphatic heterocycles. The van der Waals surface area contributed by atoms with Crippen molar-refractivity contribution < 1.29 is 9.72 Å². The maximum Gasteiger partial charge on any atom is 0.269 e. The number of carbonyl (C=O) groups is 1. The first-order chi connectivity index (χ1) is 16.9. The van der Waals surface area contributed by atoms with E-state index in [9.17, 15) is 14.9 Å². The quantitative estimate of drug-likeness (QED) is 0.313. The molecule has 0 saturated carbocycles. The second-order valence-electron chi connectivity index (χ2n) is 8.26. The largest absolute Gasteiger partial charge is 0.328 e. The summed E-state index contributed by atoms with van der Waals surface area (Å²) < 4.78 is 1.62. The molecule has 3 aromatic carbocycles. The Morgan fingerprint density at radius 2 is 1.77 bits per heavy atom. The maximum atomic E-state index is 13.5. The van der Waals surface area contributed by atoms with Gasteiger partial charge in [0.05, 0.1) is 10.5 Å². The fourth-order valence-electron chi connectivity index (χ4n) is 4.22. The lowest BCUT2D eigenvalue weighted by Crippen LogP contribution is -2.31. The molecule has 9 nitrogen and oxygen atoms in total. The smallest absolute Gasteiger partial charge is 0.269 e. The molecule has 2 heterocycles. The van der Waals surface area contributed by atoms with E-state index in [-0.39, 0.29) is 11.6 Å². The zero-order valence-corrected chi connectivity index (χ0v) is 19.1. The molecule has 1 unspecified atom stereocenters. The van der Waals surface area contributed by atoms with Gasteiger partial charge in [0.25, 0.3) is 11.6 Å². The topological polar surface area (TPSA) is 115 Å². The van der Waals surface area contributed by atoms with Crippen molar-refractivity contribution in [3.8, 4) is 11.4 Å².